The van der Waals surface area contributed by atoms with Crippen molar-refractivity contribution in [3.05, 3.63) is 71.9 Å². The van der Waals surface area contributed by atoms with Crippen LogP contribution in [0, 0.1) is 5.41 Å². The third-order valence-corrected chi connectivity index (χ3v) is 6.02. The molecule has 5 rings (SSSR count). The normalized spacial score (nSPS) is 23.8. The Kier molecular flexibility index (Phi) is 3.69. The van der Waals surface area contributed by atoms with Gasteiger partial charge >= 0.3 is 0 Å². The monoisotopic (exact) mass is 345 g/mol. The van der Waals surface area contributed by atoms with Crippen LogP contribution in [0.5, 0.6) is 0 Å². The number of nitrogens with one attached hydrogen (secondary N) is 1. The highest BCUT2D eigenvalue weighted by Crippen LogP contribution is 2.44. The first-order valence-electron chi connectivity index (χ1n) is 9.41. The predicted octanol–water partition coefficient (Wildman–Crippen LogP) is 4.11. The minimum absolute atomic E-state index is 0.0683. The van der Waals surface area contributed by atoms with Crippen LogP contribution in [0.2, 0.25) is 0 Å². The molecule has 0 radical (unpaired) electrons. The fourth-order valence-corrected chi connectivity index (χ4v) is 4.90. The lowest BCUT2D eigenvalue weighted by Gasteiger charge is -2.50. The number of benzene rings is 2. The van der Waals surface area contributed by atoms with Gasteiger partial charge in [0.15, 0.2) is 0 Å². The number of aliphatic hydroxyl groups is 1. The Morgan fingerprint density at radius 3 is 2.62 bits per heavy atom. The van der Waals surface area contributed by atoms with Crippen LogP contribution in [-0.4, -0.2) is 32.9 Å². The Morgan fingerprint density at radius 1 is 1.04 bits per heavy atom. The van der Waals surface area contributed by atoms with E-state index >= 15 is 0 Å². The second kappa shape index (κ2) is 6.08. The maximum Gasteiger partial charge on any atom is 0.0882 e. The molecule has 0 aliphatic carbocycles. The van der Waals surface area contributed by atoms with Crippen LogP contribution in [-0.2, 0) is 0 Å². The lowest BCUT2D eigenvalue weighted by molar-refractivity contribution is -0.00386. The summed E-state index contributed by atoms with van der Waals surface area (Å²) in [7, 11) is 0. The topological polar surface area (TPSA) is 52.2 Å². The molecule has 3 atom stereocenters. The van der Waals surface area contributed by atoms with Gasteiger partial charge in [0.25, 0.3) is 0 Å². The molecule has 0 amide bonds. The first-order valence-corrected chi connectivity index (χ1v) is 9.41. The molecular formula is C22H23N3O. The number of aromatic nitrogens is 1. The Balaban J connectivity index is 1.69. The van der Waals surface area contributed by atoms with Crippen molar-refractivity contribution >= 4 is 16.6 Å². The molecule has 3 aromatic rings. The van der Waals surface area contributed by atoms with Crippen LogP contribution in [0.4, 0.5) is 0 Å². The fraction of sp³-hybridized carbons (Fsp3) is 0.318. The van der Waals surface area contributed by atoms with Gasteiger partial charge in [-0.1, -0.05) is 48.5 Å². The molecule has 2 bridgehead atoms. The SMILES string of the molecule is N=C1c2cc3ccccc3n2[C@H]2CCC[C@@H]1N2[C@@H](CO)c1ccccc1. The molecule has 2 aromatic carbocycles. The van der Waals surface area contributed by atoms with Gasteiger partial charge in [-0.25, -0.2) is 0 Å². The molecule has 1 saturated heterocycles. The van der Waals surface area contributed by atoms with Crippen molar-refractivity contribution in [3.63, 3.8) is 0 Å². The zero-order valence-electron chi connectivity index (χ0n) is 14.7. The number of para-hydroxylation sites is 1. The number of piperidine rings is 1. The largest absolute Gasteiger partial charge is 0.394 e. The number of rotatable bonds is 3. The van der Waals surface area contributed by atoms with Crippen LogP contribution in [0.1, 0.15) is 42.7 Å². The highest BCUT2D eigenvalue weighted by molar-refractivity contribution is 6.05. The van der Waals surface area contributed by atoms with E-state index in [4.69, 9.17) is 5.41 Å². The van der Waals surface area contributed by atoms with Crippen LogP contribution in [0.15, 0.2) is 60.7 Å². The van der Waals surface area contributed by atoms with E-state index in [1.54, 1.807) is 0 Å². The molecule has 2 aliphatic heterocycles. The fourth-order valence-electron chi connectivity index (χ4n) is 4.90. The average molecular weight is 345 g/mol. The third kappa shape index (κ3) is 2.19. The van der Waals surface area contributed by atoms with Crippen molar-refractivity contribution in [2.45, 2.75) is 37.5 Å². The van der Waals surface area contributed by atoms with E-state index < -0.39 is 0 Å². The van der Waals surface area contributed by atoms with E-state index in [0.29, 0.717) is 5.71 Å². The van der Waals surface area contributed by atoms with Gasteiger partial charge in [-0.15, -0.1) is 0 Å². The summed E-state index contributed by atoms with van der Waals surface area (Å²) in [6, 6.07) is 20.8. The molecular weight excluding hydrogens is 322 g/mol. The van der Waals surface area contributed by atoms with Gasteiger partial charge in [0.1, 0.15) is 0 Å². The molecule has 26 heavy (non-hydrogen) atoms. The zero-order chi connectivity index (χ0) is 17.7. The van der Waals surface area contributed by atoms with E-state index in [9.17, 15) is 5.11 Å². The molecule has 0 saturated carbocycles. The van der Waals surface area contributed by atoms with Crippen molar-refractivity contribution in [1.82, 2.24) is 9.47 Å². The summed E-state index contributed by atoms with van der Waals surface area (Å²) < 4.78 is 2.33. The van der Waals surface area contributed by atoms with E-state index in [0.717, 1.165) is 30.5 Å². The van der Waals surface area contributed by atoms with Gasteiger partial charge in [0.2, 0.25) is 0 Å². The van der Waals surface area contributed by atoms with Gasteiger partial charge in [0.05, 0.1) is 36.3 Å². The molecule has 1 fully saturated rings. The zero-order valence-corrected chi connectivity index (χ0v) is 14.7. The summed E-state index contributed by atoms with van der Waals surface area (Å²) in [5.41, 5.74) is 4.04. The van der Waals surface area contributed by atoms with Crippen LogP contribution in [0.25, 0.3) is 10.9 Å². The summed E-state index contributed by atoms with van der Waals surface area (Å²) in [5, 5.41) is 20.4. The maximum atomic E-state index is 10.3. The van der Waals surface area contributed by atoms with Gasteiger partial charge in [0, 0.05) is 10.9 Å². The maximum absolute atomic E-state index is 10.3. The second-order valence-corrected chi connectivity index (χ2v) is 7.36. The summed E-state index contributed by atoms with van der Waals surface area (Å²) >= 11 is 0. The van der Waals surface area contributed by atoms with Gasteiger partial charge < -0.3 is 15.1 Å². The van der Waals surface area contributed by atoms with Crippen LogP contribution >= 0.6 is 0 Å². The molecule has 4 heteroatoms. The van der Waals surface area contributed by atoms with Gasteiger partial charge in [-0.3, -0.25) is 4.90 Å². The molecule has 0 spiro atoms. The van der Waals surface area contributed by atoms with Crippen molar-refractivity contribution in [2.75, 3.05) is 6.61 Å². The quantitative estimate of drug-likeness (QED) is 0.750. The molecule has 4 nitrogen and oxygen atoms in total. The van der Waals surface area contributed by atoms with E-state index in [1.165, 1.54) is 10.9 Å². The molecule has 132 valence electrons. The highest BCUT2D eigenvalue weighted by Gasteiger charge is 2.44. The van der Waals surface area contributed by atoms with Crippen molar-refractivity contribution < 1.29 is 5.11 Å². The Morgan fingerprint density at radius 2 is 1.81 bits per heavy atom. The lowest BCUT2D eigenvalue weighted by atomic mass is 9.88. The third-order valence-electron chi connectivity index (χ3n) is 6.02. The lowest BCUT2D eigenvalue weighted by Crippen LogP contribution is -2.54. The van der Waals surface area contributed by atoms with Crippen LogP contribution < -0.4 is 0 Å². The number of nitrogens with zero attached hydrogens (tertiary/aromatic N) is 2. The Labute approximate surface area is 153 Å². The summed E-state index contributed by atoms with van der Waals surface area (Å²) in [6.45, 7) is 0.0683. The molecule has 2 aliphatic rings. The molecule has 0 unspecified atom stereocenters. The van der Waals surface area contributed by atoms with Crippen molar-refractivity contribution in [1.29, 1.82) is 5.41 Å². The minimum Gasteiger partial charge on any atom is -0.394 e. The molecule has 1 aromatic heterocycles. The van der Waals surface area contributed by atoms with Crippen molar-refractivity contribution in [2.24, 2.45) is 0 Å². The van der Waals surface area contributed by atoms with E-state index in [1.807, 2.05) is 18.2 Å². The number of hydrogen-bond donors (Lipinski definition) is 2. The number of fused-ring (bicyclic) bond motifs is 6. The van der Waals surface area contributed by atoms with Crippen LogP contribution in [0.3, 0.4) is 0 Å². The predicted molar refractivity (Wildman–Crippen MR) is 104 cm³/mol. The standard InChI is InChI=1S/C22H23N3O/c23-22-18-11-6-12-21(24-17-10-5-4-9-16(17)13-19(22)24)25(18)20(14-26)15-7-2-1-3-8-15/h1-5,7-10,13,18,20-21,23,26H,6,11-12,14H2/t18-,20-,21+/m0/s1. The molecule has 2 N–H and O–H groups in total. The Hall–Kier alpha value is -2.43. The van der Waals surface area contributed by atoms with Gasteiger partial charge in [-0.2, -0.15) is 0 Å². The summed E-state index contributed by atoms with van der Waals surface area (Å²) in [4.78, 5) is 2.39. The van der Waals surface area contributed by atoms with E-state index in [2.05, 4.69) is 51.9 Å². The number of aliphatic hydroxyl groups excluding tert-OH is 1. The summed E-state index contributed by atoms with van der Waals surface area (Å²) in [6.07, 6.45) is 3.35. The minimum atomic E-state index is -0.0823. The van der Waals surface area contributed by atoms with Gasteiger partial charge in [-0.05, 0) is 37.0 Å². The Bertz CT molecular complexity index is 962. The first kappa shape index (κ1) is 15.8. The second-order valence-electron chi connectivity index (χ2n) is 7.36. The van der Waals surface area contributed by atoms with E-state index in [-0.39, 0.29) is 24.9 Å². The molecule has 3 heterocycles. The number of hydrogen-bond acceptors (Lipinski definition) is 3. The van der Waals surface area contributed by atoms with Crippen molar-refractivity contribution in [3.8, 4) is 0 Å². The average Bonchev–Trinajstić information content (AvgIpc) is 3.08. The highest BCUT2D eigenvalue weighted by atomic mass is 16.3. The smallest absolute Gasteiger partial charge is 0.0882 e. The first-order chi connectivity index (χ1) is 12.8. The summed E-state index contributed by atoms with van der Waals surface area (Å²) in [5.74, 6) is 0.